The van der Waals surface area contributed by atoms with Crippen molar-refractivity contribution in [3.05, 3.63) is 41.7 Å². The van der Waals surface area contributed by atoms with Crippen LogP contribution in [0.15, 0.2) is 36.2 Å². The molecule has 1 aromatic rings. The summed E-state index contributed by atoms with van der Waals surface area (Å²) in [6.07, 6.45) is 7.47. The Bertz CT molecular complexity index is 746. The second-order valence-electron chi connectivity index (χ2n) is 7.49. The Hall–Kier alpha value is -2.48. The zero-order valence-electron chi connectivity index (χ0n) is 14.1. The lowest BCUT2D eigenvalue weighted by Gasteiger charge is -2.47. The SMILES string of the molecule is CC1(C)CC2(C=C(C#N)C1=O)CCCN(C(=O)c1cccnc1)C2. The number of nitriles is 1. The fourth-order valence-electron chi connectivity index (χ4n) is 4.10. The molecule has 1 spiro atoms. The molecule has 3 rings (SSSR count). The molecule has 2 aliphatic rings. The van der Waals surface area contributed by atoms with Crippen molar-refractivity contribution in [1.82, 2.24) is 9.88 Å². The van der Waals surface area contributed by atoms with Gasteiger partial charge in [0.2, 0.25) is 0 Å². The van der Waals surface area contributed by atoms with Gasteiger partial charge in [0.1, 0.15) is 6.07 Å². The number of hydrogen-bond donors (Lipinski definition) is 0. The molecular weight excluding hydrogens is 302 g/mol. The smallest absolute Gasteiger partial charge is 0.255 e. The van der Waals surface area contributed by atoms with Gasteiger partial charge in [0.05, 0.1) is 11.1 Å². The van der Waals surface area contributed by atoms with Crippen molar-refractivity contribution in [1.29, 1.82) is 5.26 Å². The number of piperidine rings is 1. The number of likely N-dealkylation sites (tertiary alicyclic amines) is 1. The van der Waals surface area contributed by atoms with Crippen molar-refractivity contribution in [2.75, 3.05) is 13.1 Å². The number of Topliss-reactive ketones (excluding diaryl/α,β-unsaturated/α-hetero) is 1. The predicted octanol–water partition coefficient (Wildman–Crippen LogP) is 2.75. The van der Waals surface area contributed by atoms with E-state index >= 15 is 0 Å². The third kappa shape index (κ3) is 2.84. The number of allylic oxidation sites excluding steroid dienone is 1. The molecule has 1 amide bonds. The summed E-state index contributed by atoms with van der Waals surface area (Å²) in [5.74, 6) is -0.130. The van der Waals surface area contributed by atoms with Crippen molar-refractivity contribution in [2.45, 2.75) is 33.1 Å². The fraction of sp³-hybridized carbons (Fsp3) is 0.474. The van der Waals surface area contributed by atoms with Crippen molar-refractivity contribution in [2.24, 2.45) is 10.8 Å². The number of hydrogen-bond acceptors (Lipinski definition) is 4. The zero-order chi connectivity index (χ0) is 17.4. The molecule has 124 valence electrons. The molecule has 5 nitrogen and oxygen atoms in total. The van der Waals surface area contributed by atoms with Crippen molar-refractivity contribution >= 4 is 11.7 Å². The Morgan fingerprint density at radius 2 is 2.21 bits per heavy atom. The molecule has 1 saturated heterocycles. The van der Waals surface area contributed by atoms with Crippen LogP contribution in [-0.4, -0.2) is 34.7 Å². The van der Waals surface area contributed by atoms with Gasteiger partial charge in [0.25, 0.3) is 5.91 Å². The van der Waals surface area contributed by atoms with Gasteiger partial charge < -0.3 is 4.90 Å². The predicted molar refractivity (Wildman–Crippen MR) is 88.9 cm³/mol. The van der Waals surface area contributed by atoms with Gasteiger partial charge in [-0.1, -0.05) is 19.9 Å². The number of aromatic nitrogens is 1. The van der Waals surface area contributed by atoms with E-state index in [1.165, 1.54) is 0 Å². The van der Waals surface area contributed by atoms with Gasteiger partial charge in [-0.3, -0.25) is 14.6 Å². The first kappa shape index (κ1) is 16.4. The van der Waals surface area contributed by atoms with Crippen molar-refractivity contribution in [3.8, 4) is 6.07 Å². The molecular formula is C19H21N3O2. The minimum atomic E-state index is -0.569. The van der Waals surface area contributed by atoms with E-state index in [0.717, 1.165) is 12.8 Å². The van der Waals surface area contributed by atoms with Gasteiger partial charge in [0.15, 0.2) is 5.78 Å². The summed E-state index contributed by atoms with van der Waals surface area (Å²) in [6.45, 7) is 5.02. The molecule has 1 aromatic heterocycles. The van der Waals surface area contributed by atoms with Gasteiger partial charge in [-0.25, -0.2) is 0 Å². The second-order valence-corrected chi connectivity index (χ2v) is 7.49. The number of pyridine rings is 1. The monoisotopic (exact) mass is 323 g/mol. The number of carbonyl (C=O) groups is 2. The molecule has 1 aliphatic carbocycles. The molecule has 0 N–H and O–H groups in total. The first-order valence-corrected chi connectivity index (χ1v) is 8.24. The van der Waals surface area contributed by atoms with E-state index in [1.54, 1.807) is 24.5 Å². The Labute approximate surface area is 142 Å². The van der Waals surface area contributed by atoms with Crippen LogP contribution in [-0.2, 0) is 4.79 Å². The average molecular weight is 323 g/mol. The maximum absolute atomic E-state index is 12.7. The van der Waals surface area contributed by atoms with Crippen molar-refractivity contribution in [3.63, 3.8) is 0 Å². The number of carbonyl (C=O) groups excluding carboxylic acids is 2. The maximum Gasteiger partial charge on any atom is 0.255 e. The van der Waals surface area contributed by atoms with Crippen LogP contribution in [0.1, 0.15) is 43.5 Å². The Balaban J connectivity index is 1.90. The molecule has 1 unspecified atom stereocenters. The fourth-order valence-corrected chi connectivity index (χ4v) is 4.10. The van der Waals surface area contributed by atoms with Crippen LogP contribution < -0.4 is 0 Å². The van der Waals surface area contributed by atoms with Crippen LogP contribution in [0.25, 0.3) is 0 Å². The van der Waals surface area contributed by atoms with Gasteiger partial charge in [-0.05, 0) is 31.4 Å². The highest BCUT2D eigenvalue weighted by Crippen LogP contribution is 2.47. The second kappa shape index (κ2) is 5.86. The van der Waals surface area contributed by atoms with E-state index in [1.807, 2.05) is 24.8 Å². The lowest BCUT2D eigenvalue weighted by molar-refractivity contribution is -0.125. The van der Waals surface area contributed by atoms with E-state index in [-0.39, 0.29) is 22.7 Å². The number of rotatable bonds is 1. The lowest BCUT2D eigenvalue weighted by atomic mass is 9.61. The van der Waals surface area contributed by atoms with Gasteiger partial charge in [-0.15, -0.1) is 0 Å². The molecule has 0 radical (unpaired) electrons. The number of nitrogens with zero attached hydrogens (tertiary/aromatic N) is 3. The molecule has 1 aliphatic heterocycles. The van der Waals surface area contributed by atoms with Crippen LogP contribution in [0.4, 0.5) is 0 Å². The van der Waals surface area contributed by atoms with E-state index < -0.39 is 5.41 Å². The number of amides is 1. The zero-order valence-corrected chi connectivity index (χ0v) is 14.1. The lowest BCUT2D eigenvalue weighted by Crippen LogP contribution is -2.50. The molecule has 1 atom stereocenters. The molecule has 2 heterocycles. The standard InChI is InChI=1S/C19H21N3O2/c1-18(2)12-19(9-15(10-20)16(18)23)6-4-8-22(13-19)17(24)14-5-3-7-21-11-14/h3,5,7,9,11H,4,6,8,12-13H2,1-2H3. The van der Waals surface area contributed by atoms with Gasteiger partial charge in [-0.2, -0.15) is 5.26 Å². The normalized spacial score (nSPS) is 26.0. The van der Waals surface area contributed by atoms with Crippen molar-refractivity contribution < 1.29 is 9.59 Å². The first-order valence-electron chi connectivity index (χ1n) is 8.24. The van der Waals surface area contributed by atoms with E-state index in [2.05, 4.69) is 11.1 Å². The summed E-state index contributed by atoms with van der Waals surface area (Å²) < 4.78 is 0. The van der Waals surface area contributed by atoms with Crippen LogP contribution in [0.3, 0.4) is 0 Å². The molecule has 0 aromatic carbocycles. The minimum Gasteiger partial charge on any atom is -0.338 e. The third-order valence-electron chi connectivity index (χ3n) is 5.03. The average Bonchev–Trinajstić information content (AvgIpc) is 2.58. The van der Waals surface area contributed by atoms with E-state index in [9.17, 15) is 14.9 Å². The quantitative estimate of drug-likeness (QED) is 0.796. The largest absolute Gasteiger partial charge is 0.338 e. The maximum atomic E-state index is 12.7. The minimum absolute atomic E-state index is 0.0382. The summed E-state index contributed by atoms with van der Waals surface area (Å²) in [5.41, 5.74) is -0.0502. The van der Waals surface area contributed by atoms with Gasteiger partial charge in [0, 0.05) is 36.3 Å². The molecule has 0 saturated carbocycles. The van der Waals surface area contributed by atoms with Crippen LogP contribution >= 0.6 is 0 Å². The van der Waals surface area contributed by atoms with Crippen LogP contribution in [0, 0.1) is 22.2 Å². The first-order chi connectivity index (χ1) is 11.4. The highest BCUT2D eigenvalue weighted by Gasteiger charge is 2.47. The summed E-state index contributed by atoms with van der Waals surface area (Å²) in [7, 11) is 0. The third-order valence-corrected chi connectivity index (χ3v) is 5.03. The molecule has 24 heavy (non-hydrogen) atoms. The van der Waals surface area contributed by atoms with E-state index in [4.69, 9.17) is 0 Å². The summed E-state index contributed by atoms with van der Waals surface area (Å²) in [6, 6.07) is 5.57. The Morgan fingerprint density at radius 3 is 2.88 bits per heavy atom. The Kier molecular flexibility index (Phi) is 4.00. The van der Waals surface area contributed by atoms with E-state index in [0.29, 0.717) is 25.1 Å². The van der Waals surface area contributed by atoms with Crippen LogP contribution in [0.5, 0.6) is 0 Å². The van der Waals surface area contributed by atoms with Gasteiger partial charge >= 0.3 is 0 Å². The molecule has 0 bridgehead atoms. The molecule has 1 fully saturated rings. The number of ketones is 1. The summed E-state index contributed by atoms with van der Waals surface area (Å²) in [5, 5.41) is 9.33. The highest BCUT2D eigenvalue weighted by atomic mass is 16.2. The summed E-state index contributed by atoms with van der Waals surface area (Å²) >= 11 is 0. The molecule has 5 heteroatoms. The summed E-state index contributed by atoms with van der Waals surface area (Å²) in [4.78, 5) is 30.9. The topological polar surface area (TPSA) is 74.1 Å². The highest BCUT2D eigenvalue weighted by molar-refractivity contribution is 6.03. The Morgan fingerprint density at radius 1 is 1.42 bits per heavy atom. The van der Waals surface area contributed by atoms with Crippen LogP contribution in [0.2, 0.25) is 0 Å².